The number of nitrogens with zero attached hydrogens (tertiary/aromatic N) is 2. The normalized spacial score (nSPS) is 31.2. The van der Waals surface area contributed by atoms with E-state index >= 15 is 0 Å². The second-order valence-corrected chi connectivity index (χ2v) is 6.21. The topological polar surface area (TPSA) is 60.9 Å². The Morgan fingerprint density at radius 3 is 2.55 bits per heavy atom. The molecule has 2 aliphatic rings. The van der Waals surface area contributed by atoms with E-state index in [1.54, 1.807) is 4.90 Å². The van der Waals surface area contributed by atoms with Crippen molar-refractivity contribution in [1.82, 2.24) is 9.80 Å². The predicted molar refractivity (Wildman–Crippen MR) is 76.5 cm³/mol. The zero-order chi connectivity index (χ0) is 14.7. The molecule has 0 saturated carbocycles. The van der Waals surface area contributed by atoms with Gasteiger partial charge in [-0.25, -0.2) is 4.79 Å². The molecule has 0 aliphatic carbocycles. The number of carbonyl (C=O) groups is 2. The first-order valence-electron chi connectivity index (χ1n) is 7.83. The number of likely N-dealkylation sites (tertiary alicyclic amines) is 2. The summed E-state index contributed by atoms with van der Waals surface area (Å²) in [6, 6.07) is 0.374. The molecule has 20 heavy (non-hydrogen) atoms. The van der Waals surface area contributed by atoms with Gasteiger partial charge in [-0.1, -0.05) is 26.7 Å². The van der Waals surface area contributed by atoms with Crippen LogP contribution in [0.15, 0.2) is 0 Å². The van der Waals surface area contributed by atoms with E-state index < -0.39 is 11.9 Å². The van der Waals surface area contributed by atoms with Crippen LogP contribution in [0.2, 0.25) is 0 Å². The average molecular weight is 282 g/mol. The van der Waals surface area contributed by atoms with Crippen molar-refractivity contribution in [3.05, 3.63) is 0 Å². The molecular formula is C15H26N2O3. The Morgan fingerprint density at radius 2 is 1.95 bits per heavy atom. The number of carbonyl (C=O) groups excluding carboxylic acids is 1. The summed E-state index contributed by atoms with van der Waals surface area (Å²) in [5, 5.41) is 9.19. The van der Waals surface area contributed by atoms with Crippen LogP contribution in [0, 0.1) is 11.8 Å². The highest BCUT2D eigenvalue weighted by molar-refractivity contribution is 5.78. The standard InChI is InChI=1S/C15H26N2O3/c1-3-12-7-5-4-6-8-17(12)15(20)16-9-11(2)13(10-16)14(18)19/h11-13H,3-10H2,1-2H3,(H,18,19)/t11-,12?,13-/m1/s1. The van der Waals surface area contributed by atoms with Crippen molar-refractivity contribution in [3.8, 4) is 0 Å². The lowest BCUT2D eigenvalue weighted by molar-refractivity contribution is -0.142. The van der Waals surface area contributed by atoms with Crippen LogP contribution in [0.4, 0.5) is 4.79 Å². The first-order valence-corrected chi connectivity index (χ1v) is 7.83. The van der Waals surface area contributed by atoms with E-state index in [1.807, 2.05) is 11.8 Å². The summed E-state index contributed by atoms with van der Waals surface area (Å²) in [5.74, 6) is -1.15. The average Bonchev–Trinajstić information content (AvgIpc) is 2.67. The summed E-state index contributed by atoms with van der Waals surface area (Å²) < 4.78 is 0. The van der Waals surface area contributed by atoms with Crippen molar-refractivity contribution in [2.24, 2.45) is 11.8 Å². The third kappa shape index (κ3) is 3.07. The first-order chi connectivity index (χ1) is 9.54. The molecule has 0 aromatic rings. The monoisotopic (exact) mass is 282 g/mol. The van der Waals surface area contributed by atoms with Gasteiger partial charge in [-0.15, -0.1) is 0 Å². The molecule has 2 saturated heterocycles. The van der Waals surface area contributed by atoms with Gasteiger partial charge < -0.3 is 14.9 Å². The Bertz CT molecular complexity index is 372. The Hall–Kier alpha value is -1.26. The molecule has 5 heteroatoms. The van der Waals surface area contributed by atoms with Gasteiger partial charge in [0.25, 0.3) is 0 Å². The minimum atomic E-state index is -0.782. The third-order valence-electron chi connectivity index (χ3n) is 4.79. The van der Waals surface area contributed by atoms with Gasteiger partial charge in [0.1, 0.15) is 0 Å². The summed E-state index contributed by atoms with van der Waals surface area (Å²) in [7, 11) is 0. The van der Waals surface area contributed by atoms with E-state index in [9.17, 15) is 14.7 Å². The van der Waals surface area contributed by atoms with Crippen LogP contribution in [-0.4, -0.2) is 52.6 Å². The Labute approximate surface area is 120 Å². The highest BCUT2D eigenvalue weighted by Crippen LogP contribution is 2.27. The lowest BCUT2D eigenvalue weighted by Gasteiger charge is -2.33. The van der Waals surface area contributed by atoms with Gasteiger partial charge in [0, 0.05) is 25.7 Å². The minimum absolute atomic E-state index is 0.0449. The van der Waals surface area contributed by atoms with Crippen LogP contribution in [0.5, 0.6) is 0 Å². The van der Waals surface area contributed by atoms with Gasteiger partial charge in [-0.3, -0.25) is 4.79 Å². The molecule has 2 heterocycles. The number of amides is 2. The Morgan fingerprint density at radius 1 is 1.20 bits per heavy atom. The van der Waals surface area contributed by atoms with Gasteiger partial charge in [0.15, 0.2) is 0 Å². The van der Waals surface area contributed by atoms with Crippen molar-refractivity contribution in [1.29, 1.82) is 0 Å². The van der Waals surface area contributed by atoms with E-state index in [2.05, 4.69) is 6.92 Å². The van der Waals surface area contributed by atoms with Crippen LogP contribution in [0.3, 0.4) is 0 Å². The molecule has 2 fully saturated rings. The van der Waals surface area contributed by atoms with Gasteiger partial charge >= 0.3 is 12.0 Å². The maximum absolute atomic E-state index is 12.7. The molecule has 114 valence electrons. The number of rotatable bonds is 2. The van der Waals surface area contributed by atoms with Gasteiger partial charge in [-0.2, -0.15) is 0 Å². The van der Waals surface area contributed by atoms with Crippen LogP contribution in [0.1, 0.15) is 46.0 Å². The van der Waals surface area contributed by atoms with E-state index in [0.717, 1.165) is 25.8 Å². The second-order valence-electron chi connectivity index (χ2n) is 6.21. The largest absolute Gasteiger partial charge is 0.481 e. The fraction of sp³-hybridized carbons (Fsp3) is 0.867. The summed E-state index contributed by atoms with van der Waals surface area (Å²) in [6.45, 7) is 5.81. The highest BCUT2D eigenvalue weighted by atomic mass is 16.4. The van der Waals surface area contributed by atoms with Crippen LogP contribution in [0.25, 0.3) is 0 Å². The van der Waals surface area contributed by atoms with Crippen LogP contribution in [-0.2, 0) is 4.79 Å². The van der Waals surface area contributed by atoms with Gasteiger partial charge in [0.2, 0.25) is 0 Å². The Balaban J connectivity index is 2.04. The molecule has 3 atom stereocenters. The van der Waals surface area contributed by atoms with Crippen molar-refractivity contribution in [2.45, 2.75) is 52.0 Å². The molecule has 5 nitrogen and oxygen atoms in total. The molecule has 0 bridgehead atoms. The number of hydrogen-bond donors (Lipinski definition) is 1. The lowest BCUT2D eigenvalue weighted by atomic mass is 9.99. The van der Waals surface area contributed by atoms with Gasteiger partial charge in [0.05, 0.1) is 5.92 Å². The molecule has 2 aliphatic heterocycles. The molecule has 2 amide bonds. The van der Waals surface area contributed by atoms with Crippen molar-refractivity contribution in [2.75, 3.05) is 19.6 Å². The molecule has 0 radical (unpaired) electrons. The zero-order valence-electron chi connectivity index (χ0n) is 12.5. The first kappa shape index (κ1) is 15.1. The van der Waals surface area contributed by atoms with Crippen molar-refractivity contribution in [3.63, 3.8) is 0 Å². The van der Waals surface area contributed by atoms with Crippen LogP contribution < -0.4 is 0 Å². The number of hydrogen-bond acceptors (Lipinski definition) is 2. The summed E-state index contributed by atoms with van der Waals surface area (Å²) in [6.07, 6.45) is 5.50. The Kier molecular flexibility index (Phi) is 4.89. The quantitative estimate of drug-likeness (QED) is 0.846. The van der Waals surface area contributed by atoms with E-state index in [4.69, 9.17) is 0 Å². The molecule has 0 spiro atoms. The maximum Gasteiger partial charge on any atom is 0.320 e. The number of carboxylic acids is 1. The van der Waals surface area contributed by atoms with Crippen molar-refractivity contribution < 1.29 is 14.7 Å². The maximum atomic E-state index is 12.7. The van der Waals surface area contributed by atoms with E-state index in [-0.39, 0.29) is 11.9 Å². The number of carboxylic acid groups (broad SMARTS) is 1. The fourth-order valence-electron chi connectivity index (χ4n) is 3.48. The number of aliphatic carboxylic acids is 1. The lowest BCUT2D eigenvalue weighted by Crippen LogP contribution is -2.47. The second kappa shape index (κ2) is 6.46. The molecule has 2 rings (SSSR count). The molecule has 0 aromatic carbocycles. The summed E-state index contributed by atoms with van der Waals surface area (Å²) in [4.78, 5) is 27.6. The smallest absolute Gasteiger partial charge is 0.320 e. The molecule has 0 aromatic heterocycles. The van der Waals surface area contributed by atoms with Crippen LogP contribution >= 0.6 is 0 Å². The highest BCUT2D eigenvalue weighted by Gasteiger charge is 2.39. The predicted octanol–water partition coefficient (Wildman–Crippen LogP) is 2.41. The summed E-state index contributed by atoms with van der Waals surface area (Å²) >= 11 is 0. The van der Waals surface area contributed by atoms with E-state index in [0.29, 0.717) is 19.1 Å². The molecule has 1 N–H and O–H groups in total. The summed E-state index contributed by atoms with van der Waals surface area (Å²) in [5.41, 5.74) is 0. The molecular weight excluding hydrogens is 256 g/mol. The SMILES string of the molecule is CCC1CCCCCN1C(=O)N1C[C@@H](C)[C@H](C(=O)O)C1. The third-order valence-corrected chi connectivity index (χ3v) is 4.79. The van der Waals surface area contributed by atoms with Gasteiger partial charge in [-0.05, 0) is 25.2 Å². The molecule has 1 unspecified atom stereocenters. The minimum Gasteiger partial charge on any atom is -0.481 e. The van der Waals surface area contributed by atoms with Crippen molar-refractivity contribution >= 4 is 12.0 Å². The fourth-order valence-corrected chi connectivity index (χ4v) is 3.48. The zero-order valence-corrected chi connectivity index (χ0v) is 12.5. The number of urea groups is 1. The van der Waals surface area contributed by atoms with E-state index in [1.165, 1.54) is 12.8 Å².